The highest BCUT2D eigenvalue weighted by Gasteiger charge is 2.16. The summed E-state index contributed by atoms with van der Waals surface area (Å²) in [5.74, 6) is 0. The third-order valence-electron chi connectivity index (χ3n) is 5.50. The number of pyridine rings is 1. The van der Waals surface area contributed by atoms with E-state index in [1.54, 1.807) is 0 Å². The van der Waals surface area contributed by atoms with Crippen LogP contribution >= 0.6 is 0 Å². The van der Waals surface area contributed by atoms with Gasteiger partial charge in [0.1, 0.15) is 7.05 Å². The summed E-state index contributed by atoms with van der Waals surface area (Å²) in [4.78, 5) is 0. The molecule has 0 N–H and O–H groups in total. The lowest BCUT2D eigenvalue weighted by molar-refractivity contribution is -0.659. The van der Waals surface area contributed by atoms with E-state index in [0.717, 1.165) is 26.1 Å². The molecule has 0 radical (unpaired) electrons. The van der Waals surface area contributed by atoms with Crippen LogP contribution in [0.1, 0.15) is 50.2 Å². The largest absolute Gasteiger partial charge is 0.381 e. The first kappa shape index (κ1) is 20.5. The molecule has 2 nitrogen and oxygen atoms in total. The summed E-state index contributed by atoms with van der Waals surface area (Å²) >= 11 is 0. The Morgan fingerprint density at radius 2 is 1.68 bits per heavy atom. The van der Waals surface area contributed by atoms with Gasteiger partial charge in [0.15, 0.2) is 6.20 Å². The molecule has 28 heavy (non-hydrogen) atoms. The molecule has 0 spiro atoms. The number of nitrogens with zero attached hydrogens (tertiary/aromatic N) is 1. The fraction of sp³-hybridized carbons (Fsp3) is 0.423. The minimum atomic E-state index is 0.890. The number of fused-ring (bicyclic) bond motifs is 1. The van der Waals surface area contributed by atoms with Crippen molar-refractivity contribution in [2.45, 2.75) is 52.4 Å². The van der Waals surface area contributed by atoms with Crippen molar-refractivity contribution >= 4 is 10.8 Å². The van der Waals surface area contributed by atoms with Crippen LogP contribution in [0, 0.1) is 6.92 Å². The first-order valence-corrected chi connectivity index (χ1v) is 10.8. The Bertz CT molecular complexity index is 900. The number of aromatic nitrogens is 1. The van der Waals surface area contributed by atoms with E-state index in [9.17, 15) is 0 Å². The summed E-state index contributed by atoms with van der Waals surface area (Å²) in [7, 11) is 2.14. The first-order valence-electron chi connectivity index (χ1n) is 10.8. The number of hydrogen-bond donors (Lipinski definition) is 0. The fourth-order valence-electron chi connectivity index (χ4n) is 3.83. The smallest absolute Gasteiger partial charge is 0.220 e. The van der Waals surface area contributed by atoms with Gasteiger partial charge in [0.05, 0.1) is 5.39 Å². The second-order valence-corrected chi connectivity index (χ2v) is 7.79. The topological polar surface area (TPSA) is 13.1 Å². The molecule has 3 rings (SSSR count). The Labute approximate surface area is 170 Å². The molecule has 0 saturated carbocycles. The van der Waals surface area contributed by atoms with Gasteiger partial charge in [0.2, 0.25) is 5.69 Å². The van der Waals surface area contributed by atoms with Gasteiger partial charge < -0.3 is 4.74 Å². The van der Waals surface area contributed by atoms with Crippen molar-refractivity contribution in [2.24, 2.45) is 7.05 Å². The zero-order chi connectivity index (χ0) is 19.8. The Kier molecular flexibility index (Phi) is 7.62. The number of unbranched alkanes of at least 4 members (excludes halogenated alkanes) is 3. The van der Waals surface area contributed by atoms with Crippen LogP contribution in [0.4, 0.5) is 0 Å². The molecule has 2 heteroatoms. The summed E-state index contributed by atoms with van der Waals surface area (Å²) in [6.07, 6.45) is 9.32. The van der Waals surface area contributed by atoms with E-state index >= 15 is 0 Å². The number of benzene rings is 2. The predicted octanol–water partition coefficient (Wildman–Crippen LogP) is 6.17. The maximum Gasteiger partial charge on any atom is 0.220 e. The molecule has 0 unspecified atom stereocenters. The summed E-state index contributed by atoms with van der Waals surface area (Å²) < 4.78 is 8.00. The van der Waals surface area contributed by atoms with Gasteiger partial charge in [0.25, 0.3) is 0 Å². The molecule has 0 saturated heterocycles. The first-order chi connectivity index (χ1) is 13.7. The van der Waals surface area contributed by atoms with Crippen LogP contribution in [0.3, 0.4) is 0 Å². The molecule has 0 aliphatic rings. The van der Waals surface area contributed by atoms with Crippen molar-refractivity contribution < 1.29 is 9.30 Å². The number of aryl methyl sites for hydroxylation is 3. The van der Waals surface area contributed by atoms with E-state index in [4.69, 9.17) is 4.74 Å². The quantitative estimate of drug-likeness (QED) is 0.305. The van der Waals surface area contributed by atoms with Gasteiger partial charge in [-0.2, -0.15) is 0 Å². The molecule has 0 aliphatic carbocycles. The minimum absolute atomic E-state index is 0.890. The number of ether oxygens (including phenoxy) is 1. The lowest BCUT2D eigenvalue weighted by Crippen LogP contribution is -2.30. The monoisotopic (exact) mass is 376 g/mol. The zero-order valence-corrected chi connectivity index (χ0v) is 17.7. The molecule has 0 atom stereocenters. The summed E-state index contributed by atoms with van der Waals surface area (Å²) in [5.41, 5.74) is 5.35. The van der Waals surface area contributed by atoms with Gasteiger partial charge in [-0.3, -0.25) is 0 Å². The Morgan fingerprint density at radius 1 is 0.893 bits per heavy atom. The molecule has 0 fully saturated rings. The van der Waals surface area contributed by atoms with Gasteiger partial charge in [-0.05, 0) is 61.3 Å². The van der Waals surface area contributed by atoms with Crippen molar-refractivity contribution in [2.75, 3.05) is 13.2 Å². The molecule has 1 aromatic heterocycles. The molecular formula is C26H34NO+. The second-order valence-electron chi connectivity index (χ2n) is 7.79. The van der Waals surface area contributed by atoms with Crippen molar-refractivity contribution in [1.29, 1.82) is 0 Å². The zero-order valence-electron chi connectivity index (χ0n) is 17.7. The maximum absolute atomic E-state index is 5.75. The van der Waals surface area contributed by atoms with Crippen LogP contribution in [0.25, 0.3) is 22.0 Å². The lowest BCUT2D eigenvalue weighted by Gasteiger charge is -2.09. The van der Waals surface area contributed by atoms with E-state index in [0.29, 0.717) is 0 Å². The SMILES string of the molecule is CCCCCOCCCCc1ccc2cc[n+](C)c(-c3ccccc3C)c2c1. The maximum atomic E-state index is 5.75. The summed E-state index contributed by atoms with van der Waals surface area (Å²) in [6.45, 7) is 6.23. The molecule has 2 aromatic carbocycles. The predicted molar refractivity (Wildman–Crippen MR) is 119 cm³/mol. The number of hydrogen-bond acceptors (Lipinski definition) is 1. The van der Waals surface area contributed by atoms with Crippen LogP contribution in [0.5, 0.6) is 0 Å². The molecule has 148 valence electrons. The standard InChI is InChI=1S/C26H34NO/c1-4-5-9-18-28-19-10-8-12-22-14-15-23-16-17-27(3)26(25(23)20-22)24-13-7-6-11-21(24)2/h6-7,11,13-17,20H,4-5,8-10,12,18-19H2,1-3H3/q+1. The van der Waals surface area contributed by atoms with E-state index in [2.05, 4.69) is 80.2 Å². The Morgan fingerprint density at radius 3 is 2.46 bits per heavy atom. The van der Waals surface area contributed by atoms with Gasteiger partial charge in [0, 0.05) is 24.8 Å². The van der Waals surface area contributed by atoms with Gasteiger partial charge in [-0.1, -0.05) is 50.1 Å². The highest BCUT2D eigenvalue weighted by Crippen LogP contribution is 2.28. The van der Waals surface area contributed by atoms with Gasteiger partial charge in [-0.15, -0.1) is 0 Å². The van der Waals surface area contributed by atoms with Crippen LogP contribution in [-0.4, -0.2) is 13.2 Å². The van der Waals surface area contributed by atoms with E-state index < -0.39 is 0 Å². The van der Waals surface area contributed by atoms with Crippen molar-refractivity contribution in [3.05, 3.63) is 65.9 Å². The average molecular weight is 377 g/mol. The minimum Gasteiger partial charge on any atom is -0.381 e. The number of rotatable bonds is 10. The highest BCUT2D eigenvalue weighted by molar-refractivity contribution is 5.94. The van der Waals surface area contributed by atoms with Crippen LogP contribution in [0.15, 0.2) is 54.7 Å². The van der Waals surface area contributed by atoms with Crippen LogP contribution < -0.4 is 4.57 Å². The van der Waals surface area contributed by atoms with Gasteiger partial charge >= 0.3 is 0 Å². The molecule has 0 bridgehead atoms. The average Bonchev–Trinajstić information content (AvgIpc) is 2.71. The van der Waals surface area contributed by atoms with Gasteiger partial charge in [-0.25, -0.2) is 4.57 Å². The fourth-order valence-corrected chi connectivity index (χ4v) is 3.83. The van der Waals surface area contributed by atoms with Crippen molar-refractivity contribution in [3.63, 3.8) is 0 Å². The Hall–Kier alpha value is -2.19. The van der Waals surface area contributed by atoms with Crippen LogP contribution in [0.2, 0.25) is 0 Å². The second kappa shape index (κ2) is 10.4. The lowest BCUT2D eigenvalue weighted by atomic mass is 9.97. The summed E-state index contributed by atoms with van der Waals surface area (Å²) in [6, 6.07) is 17.8. The van der Waals surface area contributed by atoms with E-state index in [-0.39, 0.29) is 0 Å². The normalized spacial score (nSPS) is 11.2. The molecule has 1 heterocycles. The molecule has 0 amide bonds. The van der Waals surface area contributed by atoms with E-state index in [1.165, 1.54) is 58.8 Å². The van der Waals surface area contributed by atoms with E-state index in [1.807, 2.05) is 0 Å². The summed E-state index contributed by atoms with van der Waals surface area (Å²) in [5, 5.41) is 2.65. The van der Waals surface area contributed by atoms with Crippen molar-refractivity contribution in [3.8, 4) is 11.3 Å². The third kappa shape index (κ3) is 5.20. The molecule has 0 aliphatic heterocycles. The third-order valence-corrected chi connectivity index (χ3v) is 5.50. The Balaban J connectivity index is 1.71. The molecular weight excluding hydrogens is 342 g/mol. The molecule has 3 aromatic rings. The van der Waals surface area contributed by atoms with Crippen LogP contribution in [-0.2, 0) is 18.2 Å². The highest BCUT2D eigenvalue weighted by atomic mass is 16.5. The van der Waals surface area contributed by atoms with Crippen molar-refractivity contribution in [1.82, 2.24) is 0 Å².